The van der Waals surface area contributed by atoms with Crippen molar-refractivity contribution in [2.75, 3.05) is 19.0 Å². The van der Waals surface area contributed by atoms with Gasteiger partial charge in [-0.05, 0) is 61.0 Å². The van der Waals surface area contributed by atoms with Crippen LogP contribution >= 0.6 is 15.9 Å². The molecule has 2 N–H and O–H groups in total. The van der Waals surface area contributed by atoms with Crippen LogP contribution in [0.25, 0.3) is 22.0 Å². The Bertz CT molecular complexity index is 1730. The lowest BCUT2D eigenvalue weighted by molar-refractivity contribution is 0.0734. The lowest BCUT2D eigenvalue weighted by Gasteiger charge is -2.12. The quantitative estimate of drug-likeness (QED) is 0.0923. The number of hydrogen-bond acceptors (Lipinski definition) is 5. The molecule has 200 valence electrons. The number of nitrogens with zero attached hydrogens (tertiary/aromatic N) is 2. The molecule has 1 heterocycles. The number of rotatable bonds is 7. The van der Waals surface area contributed by atoms with Crippen molar-refractivity contribution < 1.29 is 14.3 Å². The number of esters is 1. The zero-order valence-corrected chi connectivity index (χ0v) is 23.8. The molecule has 0 fully saturated rings. The third kappa shape index (κ3) is 5.82. The van der Waals surface area contributed by atoms with E-state index in [1.165, 1.54) is 6.21 Å². The molecule has 1 amide bonds. The summed E-state index contributed by atoms with van der Waals surface area (Å²) in [4.78, 5) is 31.4. The first-order valence-corrected chi connectivity index (χ1v) is 13.4. The van der Waals surface area contributed by atoms with Gasteiger partial charge in [0.2, 0.25) is 0 Å². The summed E-state index contributed by atoms with van der Waals surface area (Å²) in [6.07, 6.45) is 1.45. The van der Waals surface area contributed by atoms with Gasteiger partial charge in [0.1, 0.15) is 11.4 Å². The first-order valence-electron chi connectivity index (χ1n) is 12.6. The van der Waals surface area contributed by atoms with Crippen LogP contribution in [0, 0.1) is 6.92 Å². The van der Waals surface area contributed by atoms with Gasteiger partial charge in [0, 0.05) is 46.3 Å². The molecule has 0 radical (unpaired) electrons. The Morgan fingerprint density at radius 1 is 0.950 bits per heavy atom. The number of carbonyl (C=O) groups is 2. The van der Waals surface area contributed by atoms with Gasteiger partial charge in [-0.3, -0.25) is 4.79 Å². The average Bonchev–Trinajstić information content (AvgIpc) is 3.34. The number of nitrogens with one attached hydrogen (secondary N) is 2. The number of fused-ring (bicyclic) bond motifs is 1. The topological polar surface area (TPSA) is 86.8 Å². The summed E-state index contributed by atoms with van der Waals surface area (Å²) < 4.78 is 6.41. The molecule has 0 unspecified atom stereocenters. The monoisotopic (exact) mass is 594 g/mol. The maximum Gasteiger partial charge on any atom is 0.343 e. The molecule has 0 saturated heterocycles. The number of ether oxygens (including phenoxy) is 1. The number of carbonyl (C=O) groups excluding carboxylic acids is 2. The zero-order chi connectivity index (χ0) is 28.2. The first-order chi connectivity index (χ1) is 19.3. The minimum Gasteiger partial charge on any atom is -0.422 e. The van der Waals surface area contributed by atoms with Crippen molar-refractivity contribution in [3.63, 3.8) is 0 Å². The van der Waals surface area contributed by atoms with Crippen LogP contribution in [0.15, 0.2) is 101 Å². The fourth-order valence-electron chi connectivity index (χ4n) is 4.31. The molecule has 40 heavy (non-hydrogen) atoms. The number of benzene rings is 4. The van der Waals surface area contributed by atoms with Crippen LogP contribution in [0.5, 0.6) is 5.75 Å². The van der Waals surface area contributed by atoms with Gasteiger partial charge in [0.05, 0.1) is 11.8 Å². The molecule has 5 rings (SSSR count). The van der Waals surface area contributed by atoms with Crippen LogP contribution in [0.2, 0.25) is 0 Å². The van der Waals surface area contributed by atoms with Crippen molar-refractivity contribution in [1.29, 1.82) is 0 Å². The van der Waals surface area contributed by atoms with E-state index in [-0.39, 0.29) is 0 Å². The van der Waals surface area contributed by atoms with Crippen molar-refractivity contribution in [3.8, 4) is 16.9 Å². The van der Waals surface area contributed by atoms with E-state index in [1.807, 2.05) is 80.5 Å². The number of aromatic nitrogens is 1. The van der Waals surface area contributed by atoms with Gasteiger partial charge in [-0.15, -0.1) is 0 Å². The number of halogens is 1. The molecule has 5 aromatic rings. The van der Waals surface area contributed by atoms with Crippen molar-refractivity contribution >= 4 is 50.6 Å². The summed E-state index contributed by atoms with van der Waals surface area (Å²) in [6.45, 7) is 1.95. The van der Waals surface area contributed by atoms with Crippen molar-refractivity contribution in [2.45, 2.75) is 6.92 Å². The lowest BCUT2D eigenvalue weighted by atomic mass is 10.0. The molecule has 0 saturated carbocycles. The number of amides is 1. The third-order valence-electron chi connectivity index (χ3n) is 6.42. The van der Waals surface area contributed by atoms with Crippen LogP contribution in [-0.4, -0.2) is 37.2 Å². The highest BCUT2D eigenvalue weighted by atomic mass is 79.9. The molecule has 0 aliphatic carbocycles. The predicted molar refractivity (Wildman–Crippen MR) is 163 cm³/mol. The van der Waals surface area contributed by atoms with E-state index >= 15 is 0 Å². The molecule has 1 aromatic heterocycles. The highest BCUT2D eigenvalue weighted by Gasteiger charge is 2.20. The highest BCUT2D eigenvalue weighted by Crippen LogP contribution is 2.34. The number of H-pyrrole nitrogens is 1. The number of hydrogen-bond donors (Lipinski definition) is 2. The first kappa shape index (κ1) is 26.9. The molecule has 7 nitrogen and oxygen atoms in total. The summed E-state index contributed by atoms with van der Waals surface area (Å²) in [5, 5.41) is 5.13. The number of aromatic amines is 1. The summed E-state index contributed by atoms with van der Waals surface area (Å²) in [5.41, 5.74) is 8.61. The number of hydrazone groups is 1. The molecule has 0 aliphatic heterocycles. The van der Waals surface area contributed by atoms with Crippen LogP contribution in [0.1, 0.15) is 32.0 Å². The standard InChI is InChI=1S/C32H27BrN4O3/c1-20-9-11-22(12-10-20)32(39)40-28-16-13-24(33)17-23(28)19-34-36-31(38)30-29(21-7-5-4-6-8-21)26-18-25(37(2)3)14-15-27(26)35-30/h4-19,35H,1-3H3,(H,36,38). The van der Waals surface area contributed by atoms with Crippen LogP contribution < -0.4 is 15.1 Å². The molecular weight excluding hydrogens is 568 g/mol. The van der Waals surface area contributed by atoms with E-state index in [2.05, 4.69) is 37.5 Å². The Morgan fingerprint density at radius 2 is 1.70 bits per heavy atom. The van der Waals surface area contributed by atoms with Crippen molar-refractivity contribution in [3.05, 3.63) is 118 Å². The Hall–Kier alpha value is -4.69. The lowest BCUT2D eigenvalue weighted by Crippen LogP contribution is -2.19. The smallest absolute Gasteiger partial charge is 0.343 e. The maximum atomic E-state index is 13.4. The second-order valence-electron chi connectivity index (χ2n) is 9.50. The Morgan fingerprint density at radius 3 is 2.42 bits per heavy atom. The Balaban J connectivity index is 1.42. The van der Waals surface area contributed by atoms with E-state index in [9.17, 15) is 9.59 Å². The molecule has 0 spiro atoms. The molecule has 8 heteroatoms. The van der Waals surface area contributed by atoms with E-state index in [1.54, 1.807) is 30.3 Å². The summed E-state index contributed by atoms with van der Waals surface area (Å²) in [5.74, 6) is -0.562. The van der Waals surface area contributed by atoms with E-state index in [4.69, 9.17) is 4.74 Å². The van der Waals surface area contributed by atoms with Gasteiger partial charge < -0.3 is 14.6 Å². The van der Waals surface area contributed by atoms with Gasteiger partial charge in [0.25, 0.3) is 5.91 Å². The summed E-state index contributed by atoms with van der Waals surface area (Å²) in [7, 11) is 3.96. The Kier molecular flexibility index (Phi) is 7.79. The summed E-state index contributed by atoms with van der Waals surface area (Å²) in [6, 6.07) is 28.1. The number of anilines is 1. The van der Waals surface area contributed by atoms with E-state index < -0.39 is 11.9 Å². The molecule has 4 aromatic carbocycles. The minimum atomic E-state index is -0.483. The van der Waals surface area contributed by atoms with Gasteiger partial charge in [-0.1, -0.05) is 64.0 Å². The van der Waals surface area contributed by atoms with Gasteiger partial charge in [-0.25, -0.2) is 10.2 Å². The highest BCUT2D eigenvalue weighted by molar-refractivity contribution is 9.10. The van der Waals surface area contributed by atoms with Crippen LogP contribution in [0.4, 0.5) is 5.69 Å². The third-order valence-corrected chi connectivity index (χ3v) is 6.91. The largest absolute Gasteiger partial charge is 0.422 e. The molecular formula is C32H27BrN4O3. The van der Waals surface area contributed by atoms with E-state index in [0.29, 0.717) is 22.6 Å². The number of aryl methyl sites for hydroxylation is 1. The average molecular weight is 595 g/mol. The molecule has 0 aliphatic rings. The fraction of sp³-hybridized carbons (Fsp3) is 0.0938. The van der Waals surface area contributed by atoms with Gasteiger partial charge in [-0.2, -0.15) is 5.10 Å². The van der Waals surface area contributed by atoms with Crippen LogP contribution in [-0.2, 0) is 0 Å². The van der Waals surface area contributed by atoms with E-state index in [0.717, 1.165) is 37.8 Å². The normalized spacial score (nSPS) is 11.1. The molecule has 0 atom stereocenters. The zero-order valence-electron chi connectivity index (χ0n) is 22.2. The van der Waals surface area contributed by atoms with Crippen LogP contribution in [0.3, 0.4) is 0 Å². The maximum absolute atomic E-state index is 13.4. The SMILES string of the molecule is Cc1ccc(C(=O)Oc2ccc(Br)cc2C=NNC(=O)c2[nH]c3ccc(N(C)C)cc3c2-c2ccccc2)cc1. The second-order valence-corrected chi connectivity index (χ2v) is 10.4. The van der Waals surface area contributed by atoms with Gasteiger partial charge in [0.15, 0.2) is 0 Å². The second kappa shape index (κ2) is 11.6. The van der Waals surface area contributed by atoms with Crippen molar-refractivity contribution in [2.24, 2.45) is 5.10 Å². The van der Waals surface area contributed by atoms with Gasteiger partial charge >= 0.3 is 5.97 Å². The molecule has 0 bridgehead atoms. The predicted octanol–water partition coefficient (Wildman–Crippen LogP) is 6.95. The minimum absolute atomic E-state index is 0.318. The fourth-order valence-corrected chi connectivity index (χ4v) is 4.69. The summed E-state index contributed by atoms with van der Waals surface area (Å²) >= 11 is 3.45. The van der Waals surface area contributed by atoms with Crippen molar-refractivity contribution in [1.82, 2.24) is 10.4 Å². The Labute approximate surface area is 240 Å².